The number of aliphatic hydroxyl groups is 1. The van der Waals surface area contributed by atoms with Crippen LogP contribution in [0.25, 0.3) is 16.9 Å². The summed E-state index contributed by atoms with van der Waals surface area (Å²) in [4.78, 5) is 15.8. The van der Waals surface area contributed by atoms with E-state index in [1.807, 2.05) is 32.0 Å². The molecular formula is C16H15N3O2. The summed E-state index contributed by atoms with van der Waals surface area (Å²) in [6, 6.07) is 9.58. The van der Waals surface area contributed by atoms with Crippen molar-refractivity contribution in [3.05, 3.63) is 58.1 Å². The number of hydrogen-bond donors (Lipinski definition) is 1. The minimum Gasteiger partial charge on any atom is -0.392 e. The Balaban J connectivity index is 2.32. The fraction of sp³-hybridized carbons (Fsp3) is 0.188. The number of pyridine rings is 1. The van der Waals surface area contributed by atoms with Gasteiger partial charge in [0, 0.05) is 11.8 Å². The van der Waals surface area contributed by atoms with Gasteiger partial charge in [-0.1, -0.05) is 23.8 Å². The number of nitrogens with zero attached hydrogens (tertiary/aromatic N) is 3. The molecule has 0 spiro atoms. The molecule has 2 aromatic heterocycles. The number of nitroso groups, excluding NO2 is 1. The van der Waals surface area contributed by atoms with E-state index in [-0.39, 0.29) is 12.4 Å². The van der Waals surface area contributed by atoms with E-state index in [2.05, 4.69) is 10.2 Å². The Labute approximate surface area is 121 Å². The maximum Gasteiger partial charge on any atom is 0.209 e. The molecule has 1 aromatic carbocycles. The van der Waals surface area contributed by atoms with Crippen LogP contribution in [0.4, 0.5) is 5.82 Å². The second-order valence-electron chi connectivity index (χ2n) is 5.12. The van der Waals surface area contributed by atoms with Crippen LogP contribution in [0.3, 0.4) is 0 Å². The molecule has 5 nitrogen and oxygen atoms in total. The van der Waals surface area contributed by atoms with Crippen LogP contribution in [0.15, 0.2) is 41.7 Å². The highest BCUT2D eigenvalue weighted by molar-refractivity contribution is 5.77. The molecule has 0 aliphatic rings. The van der Waals surface area contributed by atoms with Crippen LogP contribution >= 0.6 is 0 Å². The van der Waals surface area contributed by atoms with Gasteiger partial charge in [-0.05, 0) is 42.3 Å². The Morgan fingerprint density at radius 1 is 1.24 bits per heavy atom. The molecule has 0 unspecified atom stereocenters. The molecule has 0 amide bonds. The third kappa shape index (κ3) is 2.21. The van der Waals surface area contributed by atoms with Crippen molar-refractivity contribution in [3.8, 4) is 11.3 Å². The molecule has 3 aromatic rings. The SMILES string of the molecule is Cc1ccc(C)c(-c2nc3ccc(CO)cn3c2N=O)c1. The van der Waals surface area contributed by atoms with Crippen molar-refractivity contribution in [2.24, 2.45) is 5.18 Å². The largest absolute Gasteiger partial charge is 0.392 e. The van der Waals surface area contributed by atoms with Crippen molar-refractivity contribution in [2.75, 3.05) is 0 Å². The highest BCUT2D eigenvalue weighted by atomic mass is 16.3. The van der Waals surface area contributed by atoms with Crippen LogP contribution in [0.2, 0.25) is 0 Å². The van der Waals surface area contributed by atoms with Crippen molar-refractivity contribution in [2.45, 2.75) is 20.5 Å². The fourth-order valence-corrected chi connectivity index (χ4v) is 2.43. The van der Waals surface area contributed by atoms with Gasteiger partial charge in [0.1, 0.15) is 11.3 Å². The highest BCUT2D eigenvalue weighted by Gasteiger charge is 2.16. The number of aromatic nitrogens is 2. The number of imidazole rings is 1. The Morgan fingerprint density at radius 3 is 2.76 bits per heavy atom. The number of rotatable bonds is 3. The zero-order valence-electron chi connectivity index (χ0n) is 11.9. The average Bonchev–Trinajstić information content (AvgIpc) is 2.86. The topological polar surface area (TPSA) is 67.0 Å². The van der Waals surface area contributed by atoms with E-state index in [0.717, 1.165) is 16.7 Å². The quantitative estimate of drug-likeness (QED) is 0.747. The molecule has 0 saturated heterocycles. The van der Waals surface area contributed by atoms with Crippen molar-refractivity contribution < 1.29 is 5.11 Å². The molecular weight excluding hydrogens is 266 g/mol. The van der Waals surface area contributed by atoms with Gasteiger partial charge in [0.25, 0.3) is 0 Å². The first kappa shape index (κ1) is 13.5. The molecule has 0 saturated carbocycles. The first-order valence-electron chi connectivity index (χ1n) is 6.67. The fourth-order valence-electron chi connectivity index (χ4n) is 2.43. The maximum atomic E-state index is 11.3. The number of fused-ring (bicyclic) bond motifs is 1. The lowest BCUT2D eigenvalue weighted by Crippen LogP contribution is -1.89. The van der Waals surface area contributed by atoms with Crippen LogP contribution in [0.1, 0.15) is 16.7 Å². The summed E-state index contributed by atoms with van der Waals surface area (Å²) >= 11 is 0. The van der Waals surface area contributed by atoms with E-state index in [1.54, 1.807) is 22.7 Å². The zero-order valence-corrected chi connectivity index (χ0v) is 11.9. The monoisotopic (exact) mass is 281 g/mol. The molecule has 0 fully saturated rings. The average molecular weight is 281 g/mol. The van der Waals surface area contributed by atoms with Crippen LogP contribution in [-0.4, -0.2) is 14.5 Å². The lowest BCUT2D eigenvalue weighted by atomic mass is 10.0. The zero-order chi connectivity index (χ0) is 15.0. The molecule has 0 atom stereocenters. The van der Waals surface area contributed by atoms with Gasteiger partial charge in [0.15, 0.2) is 0 Å². The van der Waals surface area contributed by atoms with Crippen molar-refractivity contribution >= 4 is 11.5 Å². The van der Waals surface area contributed by atoms with E-state index in [9.17, 15) is 10.0 Å². The van der Waals surface area contributed by atoms with E-state index in [4.69, 9.17) is 0 Å². The van der Waals surface area contributed by atoms with Gasteiger partial charge in [-0.3, -0.25) is 4.40 Å². The van der Waals surface area contributed by atoms with E-state index in [0.29, 0.717) is 16.9 Å². The van der Waals surface area contributed by atoms with E-state index < -0.39 is 0 Å². The summed E-state index contributed by atoms with van der Waals surface area (Å²) in [6.07, 6.45) is 1.69. The molecule has 0 bridgehead atoms. The number of benzene rings is 1. The summed E-state index contributed by atoms with van der Waals surface area (Å²) < 4.78 is 1.62. The highest BCUT2D eigenvalue weighted by Crippen LogP contribution is 2.33. The standard InChI is InChI=1S/C16H15N3O2/c1-10-3-4-11(2)13(7-10)15-16(18-21)19-8-12(9-20)5-6-14(19)17-15/h3-8,20H,9H2,1-2H3. The predicted octanol–water partition coefficient (Wildman–Crippen LogP) is 3.51. The van der Waals surface area contributed by atoms with Gasteiger partial charge in [0.2, 0.25) is 5.82 Å². The minimum absolute atomic E-state index is 0.0920. The van der Waals surface area contributed by atoms with Crippen LogP contribution in [0.5, 0.6) is 0 Å². The van der Waals surface area contributed by atoms with Gasteiger partial charge in [-0.2, -0.15) is 0 Å². The van der Waals surface area contributed by atoms with Gasteiger partial charge < -0.3 is 5.11 Å². The number of aryl methyl sites for hydroxylation is 2. The third-order valence-electron chi connectivity index (χ3n) is 3.57. The lowest BCUT2D eigenvalue weighted by Gasteiger charge is -2.04. The Bertz CT molecular complexity index is 837. The molecule has 0 aliphatic carbocycles. The summed E-state index contributed by atoms with van der Waals surface area (Å²) in [5.74, 6) is 0.258. The third-order valence-corrected chi connectivity index (χ3v) is 3.57. The molecule has 106 valence electrons. The van der Waals surface area contributed by atoms with E-state index in [1.165, 1.54) is 0 Å². The normalized spacial score (nSPS) is 11.0. The van der Waals surface area contributed by atoms with Gasteiger partial charge in [-0.25, -0.2) is 4.98 Å². The summed E-state index contributed by atoms with van der Waals surface area (Å²) in [7, 11) is 0. The summed E-state index contributed by atoms with van der Waals surface area (Å²) in [5.41, 5.74) is 4.95. The van der Waals surface area contributed by atoms with Gasteiger partial charge >= 0.3 is 0 Å². The van der Waals surface area contributed by atoms with Gasteiger partial charge in [0.05, 0.1) is 6.61 Å². The number of aliphatic hydroxyl groups excluding tert-OH is 1. The molecule has 5 heteroatoms. The van der Waals surface area contributed by atoms with Crippen LogP contribution in [-0.2, 0) is 6.61 Å². The summed E-state index contributed by atoms with van der Waals surface area (Å²) in [5, 5.41) is 12.4. The number of hydrogen-bond acceptors (Lipinski definition) is 4. The Hall–Kier alpha value is -2.53. The Morgan fingerprint density at radius 2 is 2.05 bits per heavy atom. The van der Waals surface area contributed by atoms with Gasteiger partial charge in [-0.15, -0.1) is 4.91 Å². The smallest absolute Gasteiger partial charge is 0.209 e. The van der Waals surface area contributed by atoms with Crippen molar-refractivity contribution in [1.29, 1.82) is 0 Å². The predicted molar refractivity (Wildman–Crippen MR) is 81.5 cm³/mol. The molecule has 0 aliphatic heterocycles. The minimum atomic E-state index is -0.0920. The van der Waals surface area contributed by atoms with Crippen molar-refractivity contribution in [1.82, 2.24) is 9.38 Å². The van der Waals surface area contributed by atoms with Crippen LogP contribution in [0, 0.1) is 18.8 Å². The van der Waals surface area contributed by atoms with Crippen molar-refractivity contribution in [3.63, 3.8) is 0 Å². The maximum absolute atomic E-state index is 11.3. The molecule has 21 heavy (non-hydrogen) atoms. The second-order valence-corrected chi connectivity index (χ2v) is 5.12. The molecule has 1 N–H and O–H groups in total. The second kappa shape index (κ2) is 5.10. The summed E-state index contributed by atoms with van der Waals surface area (Å²) in [6.45, 7) is 3.88. The van der Waals surface area contributed by atoms with Crippen LogP contribution < -0.4 is 0 Å². The lowest BCUT2D eigenvalue weighted by molar-refractivity contribution is 0.281. The first-order chi connectivity index (χ1) is 10.1. The molecule has 3 rings (SSSR count). The molecule has 2 heterocycles. The Kier molecular flexibility index (Phi) is 3.27. The van der Waals surface area contributed by atoms with E-state index >= 15 is 0 Å². The molecule has 0 radical (unpaired) electrons. The first-order valence-corrected chi connectivity index (χ1v) is 6.67.